The molecule has 0 unspecified atom stereocenters. The summed E-state index contributed by atoms with van der Waals surface area (Å²) in [5.41, 5.74) is 0.541. The first-order valence-corrected chi connectivity index (χ1v) is 7.55. The van der Waals surface area contributed by atoms with Crippen molar-refractivity contribution in [3.63, 3.8) is 0 Å². The van der Waals surface area contributed by atoms with Crippen molar-refractivity contribution in [2.75, 3.05) is 13.7 Å². The molecule has 116 valence electrons. The Bertz CT molecular complexity index is 545. The predicted molar refractivity (Wildman–Crippen MR) is 81.0 cm³/mol. The van der Waals surface area contributed by atoms with Gasteiger partial charge in [0.25, 0.3) is 5.56 Å². The van der Waals surface area contributed by atoms with Crippen LogP contribution in [0.5, 0.6) is 0 Å². The smallest absolute Gasteiger partial charge is 0.253 e. The lowest BCUT2D eigenvalue weighted by Gasteiger charge is -2.34. The molecule has 1 aliphatic carbocycles. The Labute approximate surface area is 125 Å². The van der Waals surface area contributed by atoms with Gasteiger partial charge in [0.05, 0.1) is 0 Å². The van der Waals surface area contributed by atoms with Crippen molar-refractivity contribution in [1.82, 2.24) is 9.47 Å². The van der Waals surface area contributed by atoms with Gasteiger partial charge in [-0.15, -0.1) is 0 Å². The Balaban J connectivity index is 1.97. The largest absolute Gasteiger partial charge is 0.396 e. The fourth-order valence-corrected chi connectivity index (χ4v) is 2.96. The van der Waals surface area contributed by atoms with Crippen LogP contribution in [0.25, 0.3) is 0 Å². The van der Waals surface area contributed by atoms with Crippen LogP contribution in [-0.4, -0.2) is 40.2 Å². The molecule has 0 aromatic carbocycles. The number of aromatic nitrogens is 1. The van der Waals surface area contributed by atoms with Crippen LogP contribution < -0.4 is 5.56 Å². The van der Waals surface area contributed by atoms with Crippen molar-refractivity contribution in [3.05, 3.63) is 34.2 Å². The molecule has 2 rings (SSSR count). The molecule has 1 aromatic rings. The van der Waals surface area contributed by atoms with Crippen molar-refractivity contribution in [3.8, 4) is 0 Å². The number of nitrogens with zero attached hydrogens (tertiary/aromatic N) is 2. The first-order chi connectivity index (χ1) is 10.0. The Morgan fingerprint density at radius 1 is 1.38 bits per heavy atom. The molecule has 5 nitrogen and oxygen atoms in total. The maximum Gasteiger partial charge on any atom is 0.253 e. The molecule has 0 saturated heterocycles. The van der Waals surface area contributed by atoms with E-state index < -0.39 is 0 Å². The van der Waals surface area contributed by atoms with Crippen LogP contribution >= 0.6 is 0 Å². The summed E-state index contributed by atoms with van der Waals surface area (Å²) in [7, 11) is 1.81. The molecule has 21 heavy (non-hydrogen) atoms. The summed E-state index contributed by atoms with van der Waals surface area (Å²) >= 11 is 0. The number of rotatable bonds is 4. The van der Waals surface area contributed by atoms with Crippen LogP contribution in [0.15, 0.2) is 23.1 Å². The van der Waals surface area contributed by atoms with E-state index >= 15 is 0 Å². The Morgan fingerprint density at radius 3 is 2.67 bits per heavy atom. The molecule has 1 aliphatic rings. The third-order valence-corrected chi connectivity index (χ3v) is 4.53. The maximum absolute atomic E-state index is 12.3. The number of pyridine rings is 1. The van der Waals surface area contributed by atoms with Crippen molar-refractivity contribution < 1.29 is 9.90 Å². The van der Waals surface area contributed by atoms with E-state index in [1.165, 1.54) is 4.57 Å². The Hall–Kier alpha value is -1.62. The summed E-state index contributed by atoms with van der Waals surface area (Å²) in [5.74, 6) is 0.347. The van der Waals surface area contributed by atoms with E-state index in [0.29, 0.717) is 11.5 Å². The van der Waals surface area contributed by atoms with E-state index in [0.717, 1.165) is 25.7 Å². The number of carbonyl (C=O) groups is 1. The lowest BCUT2D eigenvalue weighted by Crippen LogP contribution is -2.42. The van der Waals surface area contributed by atoms with E-state index in [-0.39, 0.29) is 30.7 Å². The highest BCUT2D eigenvalue weighted by molar-refractivity contribution is 5.76. The standard InChI is InChI=1S/C16H24N2O3/c1-12-4-3-9-18(16(12)21)10-15(20)17(2)14-7-5-13(11-19)6-8-14/h3-4,9,13-14,19H,5-8,10-11H2,1-2H3. The number of aliphatic hydroxyl groups excluding tert-OH is 1. The average Bonchev–Trinajstić information content (AvgIpc) is 2.51. The van der Waals surface area contributed by atoms with Gasteiger partial charge in [-0.05, 0) is 44.6 Å². The zero-order chi connectivity index (χ0) is 15.4. The quantitative estimate of drug-likeness (QED) is 0.906. The molecule has 1 saturated carbocycles. The number of likely N-dealkylation sites (N-methyl/N-ethyl adjacent to an activating group) is 1. The van der Waals surface area contributed by atoms with E-state index in [1.54, 1.807) is 30.2 Å². The molecular weight excluding hydrogens is 268 g/mol. The summed E-state index contributed by atoms with van der Waals surface area (Å²) in [5, 5.41) is 9.16. The van der Waals surface area contributed by atoms with Gasteiger partial charge in [-0.2, -0.15) is 0 Å². The minimum atomic E-state index is -0.108. The van der Waals surface area contributed by atoms with Gasteiger partial charge in [-0.3, -0.25) is 9.59 Å². The molecule has 0 bridgehead atoms. The van der Waals surface area contributed by atoms with Crippen LogP contribution in [0, 0.1) is 12.8 Å². The Morgan fingerprint density at radius 2 is 2.05 bits per heavy atom. The van der Waals surface area contributed by atoms with E-state index in [2.05, 4.69) is 0 Å². The second kappa shape index (κ2) is 6.89. The highest BCUT2D eigenvalue weighted by atomic mass is 16.3. The van der Waals surface area contributed by atoms with Crippen molar-refractivity contribution in [1.29, 1.82) is 0 Å². The van der Waals surface area contributed by atoms with Gasteiger partial charge in [0.2, 0.25) is 5.91 Å². The molecule has 1 amide bonds. The summed E-state index contributed by atoms with van der Waals surface area (Å²) in [4.78, 5) is 26.1. The zero-order valence-corrected chi connectivity index (χ0v) is 12.8. The SMILES string of the molecule is Cc1cccn(CC(=O)N(C)C2CCC(CO)CC2)c1=O. The van der Waals surface area contributed by atoms with Gasteiger partial charge in [0, 0.05) is 31.5 Å². The summed E-state index contributed by atoms with van der Waals surface area (Å²) in [6.07, 6.45) is 5.43. The predicted octanol–water partition coefficient (Wildman–Crippen LogP) is 1.17. The normalized spacial score (nSPS) is 22.0. The minimum absolute atomic E-state index is 0.0323. The number of aryl methyl sites for hydroxylation is 1. The molecule has 0 atom stereocenters. The van der Waals surface area contributed by atoms with Gasteiger partial charge in [-0.1, -0.05) is 6.07 Å². The lowest BCUT2D eigenvalue weighted by atomic mass is 9.86. The summed E-state index contributed by atoms with van der Waals surface area (Å²) in [6, 6.07) is 3.76. The van der Waals surface area contributed by atoms with E-state index in [9.17, 15) is 9.59 Å². The van der Waals surface area contributed by atoms with Gasteiger partial charge >= 0.3 is 0 Å². The highest BCUT2D eigenvalue weighted by Crippen LogP contribution is 2.26. The second-order valence-electron chi connectivity index (χ2n) is 5.99. The van der Waals surface area contributed by atoms with Crippen molar-refractivity contribution in [2.24, 2.45) is 5.92 Å². The second-order valence-corrected chi connectivity index (χ2v) is 5.99. The van der Waals surface area contributed by atoms with Crippen LogP contribution in [0.4, 0.5) is 0 Å². The topological polar surface area (TPSA) is 62.5 Å². The summed E-state index contributed by atoms with van der Waals surface area (Å²) in [6.45, 7) is 2.09. The first-order valence-electron chi connectivity index (χ1n) is 7.55. The highest BCUT2D eigenvalue weighted by Gasteiger charge is 2.26. The van der Waals surface area contributed by atoms with Gasteiger partial charge < -0.3 is 14.6 Å². The fraction of sp³-hybridized carbons (Fsp3) is 0.625. The van der Waals surface area contributed by atoms with E-state index in [1.807, 2.05) is 7.05 Å². The molecule has 1 N–H and O–H groups in total. The molecule has 5 heteroatoms. The molecule has 1 heterocycles. The van der Waals surface area contributed by atoms with Crippen LogP contribution in [0.3, 0.4) is 0 Å². The maximum atomic E-state index is 12.3. The molecule has 0 aliphatic heterocycles. The van der Waals surface area contributed by atoms with Gasteiger partial charge in [-0.25, -0.2) is 0 Å². The molecule has 0 radical (unpaired) electrons. The number of aliphatic hydroxyl groups is 1. The summed E-state index contributed by atoms with van der Waals surface area (Å²) < 4.78 is 1.47. The average molecular weight is 292 g/mol. The monoisotopic (exact) mass is 292 g/mol. The third-order valence-electron chi connectivity index (χ3n) is 4.53. The third kappa shape index (κ3) is 3.73. The van der Waals surface area contributed by atoms with Crippen LogP contribution in [0.1, 0.15) is 31.2 Å². The molecular formula is C16H24N2O3. The van der Waals surface area contributed by atoms with Crippen molar-refractivity contribution >= 4 is 5.91 Å². The molecule has 0 spiro atoms. The van der Waals surface area contributed by atoms with Gasteiger partial charge in [0.1, 0.15) is 6.54 Å². The number of hydrogen-bond acceptors (Lipinski definition) is 3. The van der Waals surface area contributed by atoms with Gasteiger partial charge in [0.15, 0.2) is 0 Å². The van der Waals surface area contributed by atoms with E-state index in [4.69, 9.17) is 5.11 Å². The number of amides is 1. The van der Waals surface area contributed by atoms with Crippen LogP contribution in [-0.2, 0) is 11.3 Å². The van der Waals surface area contributed by atoms with Crippen molar-refractivity contribution in [2.45, 2.75) is 45.2 Å². The zero-order valence-electron chi connectivity index (χ0n) is 12.8. The molecule has 1 fully saturated rings. The first kappa shape index (κ1) is 15.8. The fourth-order valence-electron chi connectivity index (χ4n) is 2.96. The van der Waals surface area contributed by atoms with Crippen LogP contribution in [0.2, 0.25) is 0 Å². The number of carbonyl (C=O) groups excluding carboxylic acids is 1. The lowest BCUT2D eigenvalue weighted by molar-refractivity contribution is -0.133. The minimum Gasteiger partial charge on any atom is -0.396 e. The number of hydrogen-bond donors (Lipinski definition) is 1. The Kier molecular flexibility index (Phi) is 5.17. The molecule has 1 aromatic heterocycles.